The lowest BCUT2D eigenvalue weighted by Gasteiger charge is -2.16. The second-order valence-electron chi connectivity index (χ2n) is 5.66. The fourth-order valence-corrected chi connectivity index (χ4v) is 3.95. The van der Waals surface area contributed by atoms with Gasteiger partial charge in [0.25, 0.3) is 0 Å². The molecule has 0 fully saturated rings. The highest BCUT2D eigenvalue weighted by Crippen LogP contribution is 2.30. The molecule has 0 aliphatic heterocycles. The number of rotatable bonds is 2. The third-order valence-electron chi connectivity index (χ3n) is 4.28. The molecule has 0 saturated carbocycles. The van der Waals surface area contributed by atoms with Crippen LogP contribution in [0.1, 0.15) is 41.6 Å². The third-order valence-corrected chi connectivity index (χ3v) is 5.33. The van der Waals surface area contributed by atoms with Crippen molar-refractivity contribution in [2.75, 3.05) is 0 Å². The molecule has 0 N–H and O–H groups in total. The fraction of sp³-hybridized carbons (Fsp3) is 0.353. The molecule has 0 saturated heterocycles. The molecule has 4 rings (SSSR count). The van der Waals surface area contributed by atoms with Crippen molar-refractivity contribution in [2.45, 2.75) is 39.0 Å². The number of hydrogen-bond donors (Lipinski definition) is 0. The number of hydrogen-bond acceptors (Lipinski definition) is 4. The van der Waals surface area contributed by atoms with Gasteiger partial charge in [0.05, 0.1) is 0 Å². The second kappa shape index (κ2) is 5.22. The number of aryl methyl sites for hydroxylation is 3. The van der Waals surface area contributed by atoms with Gasteiger partial charge in [-0.3, -0.25) is 0 Å². The molecule has 0 spiro atoms. The van der Waals surface area contributed by atoms with E-state index in [1.807, 2.05) is 0 Å². The number of imidazole rings is 1. The predicted octanol–water partition coefficient (Wildman–Crippen LogP) is 3.77. The Labute approximate surface area is 133 Å². The topological polar surface area (TPSA) is 54.0 Å². The van der Waals surface area contributed by atoms with Gasteiger partial charge < -0.3 is 0 Å². The number of nitriles is 1. The molecule has 5 heteroatoms. The van der Waals surface area contributed by atoms with E-state index in [2.05, 4.69) is 41.3 Å². The lowest BCUT2D eigenvalue weighted by molar-refractivity contribution is 0.686. The lowest BCUT2D eigenvalue weighted by Crippen LogP contribution is -2.02. The van der Waals surface area contributed by atoms with Crippen LogP contribution in [0.25, 0.3) is 16.2 Å². The third kappa shape index (κ3) is 2.03. The van der Waals surface area contributed by atoms with Crippen molar-refractivity contribution in [3.8, 4) is 17.3 Å². The van der Waals surface area contributed by atoms with E-state index in [9.17, 15) is 5.26 Å². The van der Waals surface area contributed by atoms with Crippen molar-refractivity contribution in [2.24, 2.45) is 0 Å². The fourth-order valence-electron chi connectivity index (χ4n) is 3.11. The van der Waals surface area contributed by atoms with Crippen molar-refractivity contribution in [3.05, 3.63) is 40.0 Å². The van der Waals surface area contributed by atoms with Crippen molar-refractivity contribution in [1.29, 1.82) is 5.26 Å². The summed E-state index contributed by atoms with van der Waals surface area (Å²) in [6, 6.07) is 8.78. The molecule has 0 atom stereocenters. The van der Waals surface area contributed by atoms with Crippen molar-refractivity contribution in [3.63, 3.8) is 0 Å². The summed E-state index contributed by atoms with van der Waals surface area (Å²) in [5, 5.41) is 15.0. The molecule has 0 amide bonds. The molecule has 4 nitrogen and oxygen atoms in total. The summed E-state index contributed by atoms with van der Waals surface area (Å²) in [7, 11) is 0. The van der Waals surface area contributed by atoms with Crippen molar-refractivity contribution in [1.82, 2.24) is 14.6 Å². The van der Waals surface area contributed by atoms with E-state index in [4.69, 9.17) is 0 Å². The van der Waals surface area contributed by atoms with Gasteiger partial charge in [-0.15, -0.1) is 0 Å². The minimum atomic E-state index is 0.543. The van der Waals surface area contributed by atoms with Crippen LogP contribution >= 0.6 is 11.3 Å². The summed E-state index contributed by atoms with van der Waals surface area (Å²) < 4.78 is 1.69. The molecule has 1 aliphatic carbocycles. The Bertz CT molecular complexity index is 897. The Hall–Kier alpha value is -2.19. The summed E-state index contributed by atoms with van der Waals surface area (Å²) in [5.41, 5.74) is 5.19. The Balaban J connectivity index is 1.87. The molecule has 1 aliphatic rings. The van der Waals surface area contributed by atoms with E-state index in [1.165, 1.54) is 30.4 Å². The highest BCUT2D eigenvalue weighted by atomic mass is 32.1. The molecule has 0 bridgehead atoms. The van der Waals surface area contributed by atoms with E-state index in [0.717, 1.165) is 34.1 Å². The Morgan fingerprint density at radius 2 is 2.09 bits per heavy atom. The normalized spacial score (nSPS) is 14.0. The monoisotopic (exact) mass is 308 g/mol. The van der Waals surface area contributed by atoms with Crippen LogP contribution < -0.4 is 0 Å². The van der Waals surface area contributed by atoms with E-state index < -0.39 is 0 Å². The first kappa shape index (κ1) is 13.5. The minimum Gasteiger partial charge on any atom is -0.216 e. The summed E-state index contributed by atoms with van der Waals surface area (Å²) >= 11 is 1.56. The first-order valence-corrected chi connectivity index (χ1v) is 8.52. The van der Waals surface area contributed by atoms with Crippen molar-refractivity contribution < 1.29 is 0 Å². The number of aromatic nitrogens is 3. The van der Waals surface area contributed by atoms with Crippen LogP contribution in [0.4, 0.5) is 0 Å². The van der Waals surface area contributed by atoms with Gasteiger partial charge in [0.2, 0.25) is 4.96 Å². The van der Waals surface area contributed by atoms with Gasteiger partial charge >= 0.3 is 0 Å². The maximum atomic E-state index is 9.54. The molecular formula is C17H16N4S. The molecule has 110 valence electrons. The standard InChI is InChI=1S/C17H16N4S/c1-2-15-20-21-14(10-18)16(19-17(21)22-15)13-8-7-11-5-3-4-6-12(11)9-13/h7-9H,2-6H2,1H3. The van der Waals surface area contributed by atoms with E-state index in [1.54, 1.807) is 15.9 Å². The van der Waals surface area contributed by atoms with E-state index in [0.29, 0.717) is 5.69 Å². The number of benzene rings is 1. The summed E-state index contributed by atoms with van der Waals surface area (Å²) in [5.74, 6) is 0. The van der Waals surface area contributed by atoms with Crippen LogP contribution in [0.2, 0.25) is 0 Å². The zero-order chi connectivity index (χ0) is 15.1. The zero-order valence-electron chi connectivity index (χ0n) is 12.5. The molecule has 3 aromatic rings. The Kier molecular flexibility index (Phi) is 3.20. The van der Waals surface area contributed by atoms with Crippen LogP contribution in [0.3, 0.4) is 0 Å². The van der Waals surface area contributed by atoms with Gasteiger partial charge in [-0.2, -0.15) is 14.9 Å². The van der Waals surface area contributed by atoms with Crippen LogP contribution in [0.15, 0.2) is 18.2 Å². The van der Waals surface area contributed by atoms with Gasteiger partial charge in [-0.25, -0.2) is 4.98 Å². The Morgan fingerprint density at radius 1 is 1.27 bits per heavy atom. The summed E-state index contributed by atoms with van der Waals surface area (Å²) in [4.78, 5) is 5.47. The minimum absolute atomic E-state index is 0.543. The van der Waals surface area contributed by atoms with Gasteiger partial charge in [-0.1, -0.05) is 30.4 Å². The highest BCUT2D eigenvalue weighted by molar-refractivity contribution is 7.16. The summed E-state index contributed by atoms with van der Waals surface area (Å²) in [6.45, 7) is 2.06. The number of nitrogens with zero attached hydrogens (tertiary/aromatic N) is 4. The smallest absolute Gasteiger partial charge is 0.214 e. The first-order chi connectivity index (χ1) is 10.8. The SMILES string of the molecule is CCc1nn2c(C#N)c(-c3ccc4c(c3)CCCC4)nc2s1. The maximum Gasteiger partial charge on any atom is 0.214 e. The molecule has 0 unspecified atom stereocenters. The first-order valence-electron chi connectivity index (χ1n) is 7.71. The molecule has 1 aromatic carbocycles. The average Bonchev–Trinajstić information content (AvgIpc) is 3.11. The summed E-state index contributed by atoms with van der Waals surface area (Å²) in [6.07, 6.45) is 5.69. The lowest BCUT2D eigenvalue weighted by atomic mass is 9.90. The maximum absolute atomic E-state index is 9.54. The van der Waals surface area contributed by atoms with Gasteiger partial charge in [0.1, 0.15) is 16.8 Å². The Morgan fingerprint density at radius 3 is 2.86 bits per heavy atom. The van der Waals surface area contributed by atoms with Crippen LogP contribution in [-0.2, 0) is 19.3 Å². The van der Waals surface area contributed by atoms with E-state index in [-0.39, 0.29) is 0 Å². The largest absolute Gasteiger partial charge is 0.216 e. The quantitative estimate of drug-likeness (QED) is 0.724. The molecule has 0 radical (unpaired) electrons. The zero-order valence-corrected chi connectivity index (χ0v) is 13.3. The number of fused-ring (bicyclic) bond motifs is 2. The van der Waals surface area contributed by atoms with Gasteiger partial charge in [0.15, 0.2) is 5.69 Å². The predicted molar refractivity (Wildman–Crippen MR) is 87.0 cm³/mol. The van der Waals surface area contributed by atoms with Gasteiger partial charge in [0, 0.05) is 5.56 Å². The molecular weight excluding hydrogens is 292 g/mol. The second-order valence-corrected chi connectivity index (χ2v) is 6.70. The van der Waals surface area contributed by atoms with Gasteiger partial charge in [-0.05, 0) is 49.3 Å². The highest BCUT2D eigenvalue weighted by Gasteiger charge is 2.19. The van der Waals surface area contributed by atoms with Crippen molar-refractivity contribution >= 4 is 16.3 Å². The van der Waals surface area contributed by atoms with Crippen LogP contribution in [0.5, 0.6) is 0 Å². The molecule has 2 aromatic heterocycles. The van der Waals surface area contributed by atoms with Crippen LogP contribution in [-0.4, -0.2) is 14.6 Å². The van der Waals surface area contributed by atoms with E-state index >= 15 is 0 Å². The van der Waals surface area contributed by atoms with Crippen LogP contribution in [0, 0.1) is 11.3 Å². The molecule has 22 heavy (non-hydrogen) atoms. The molecule has 2 heterocycles. The average molecular weight is 308 g/mol.